The number of aromatic nitrogens is 4. The number of pyridine rings is 1. The maximum absolute atomic E-state index is 14.3. The van der Waals surface area contributed by atoms with E-state index in [-0.39, 0.29) is 0 Å². The first-order valence-electron chi connectivity index (χ1n) is 21.3. The third kappa shape index (κ3) is 5.16. The van der Waals surface area contributed by atoms with E-state index in [9.17, 15) is 8.42 Å². The summed E-state index contributed by atoms with van der Waals surface area (Å²) in [4.78, 5) is 20.6. The van der Waals surface area contributed by atoms with Crippen molar-refractivity contribution < 1.29 is 8.42 Å². The Bertz CT molecular complexity index is 3680. The van der Waals surface area contributed by atoms with E-state index in [0.717, 1.165) is 94.6 Å². The van der Waals surface area contributed by atoms with Gasteiger partial charge in [0.25, 0.3) is 0 Å². The first-order chi connectivity index (χ1) is 31.5. The number of hydrogen-bond acceptors (Lipinski definition) is 6. The van der Waals surface area contributed by atoms with Gasteiger partial charge in [0, 0.05) is 40.2 Å². The predicted octanol–water partition coefficient (Wildman–Crippen LogP) is 12.8. The molecular weight excluding hydrogens is 805 g/mol. The van der Waals surface area contributed by atoms with Crippen LogP contribution in [0.1, 0.15) is 22.3 Å². The normalized spacial score (nSPS) is 15.5. The Kier molecular flexibility index (Phi) is 7.81. The van der Waals surface area contributed by atoms with Crippen LogP contribution < -0.4 is 0 Å². The van der Waals surface area contributed by atoms with Crippen LogP contribution in [0, 0.1) is 0 Å². The molecule has 7 heteroatoms. The molecule has 0 fully saturated rings. The molecular formula is C57H34N4O2S. The van der Waals surface area contributed by atoms with Crippen molar-refractivity contribution in [3.63, 3.8) is 0 Å². The maximum atomic E-state index is 14.3. The van der Waals surface area contributed by atoms with E-state index < -0.39 is 15.3 Å². The van der Waals surface area contributed by atoms with Gasteiger partial charge in [-0.25, -0.2) is 23.4 Å². The van der Waals surface area contributed by atoms with E-state index in [2.05, 4.69) is 120 Å². The zero-order valence-corrected chi connectivity index (χ0v) is 35.0. The molecule has 1 spiro atoms. The molecule has 300 valence electrons. The lowest BCUT2D eigenvalue weighted by molar-refractivity contribution is 0.598. The van der Waals surface area contributed by atoms with Crippen molar-refractivity contribution in [2.75, 3.05) is 0 Å². The molecule has 0 bridgehead atoms. The Morgan fingerprint density at radius 1 is 0.328 bits per heavy atom. The van der Waals surface area contributed by atoms with Crippen molar-refractivity contribution in [2.45, 2.75) is 15.2 Å². The van der Waals surface area contributed by atoms with Crippen molar-refractivity contribution in [3.8, 4) is 89.8 Å². The van der Waals surface area contributed by atoms with Crippen molar-refractivity contribution in [1.29, 1.82) is 0 Å². The zero-order valence-electron chi connectivity index (χ0n) is 34.1. The van der Waals surface area contributed by atoms with Crippen LogP contribution in [0.15, 0.2) is 216 Å². The number of rotatable bonds is 4. The number of sulfone groups is 1. The summed E-state index contributed by atoms with van der Waals surface area (Å²) in [6.45, 7) is 0. The molecule has 2 aromatic heterocycles. The van der Waals surface area contributed by atoms with Crippen LogP contribution in [0.5, 0.6) is 0 Å². The van der Waals surface area contributed by atoms with Crippen molar-refractivity contribution in [2.24, 2.45) is 0 Å². The van der Waals surface area contributed by atoms with E-state index in [0.29, 0.717) is 27.3 Å². The molecule has 3 aliphatic rings. The minimum Gasteiger partial charge on any atom is -0.264 e. The van der Waals surface area contributed by atoms with Crippen LogP contribution in [0.2, 0.25) is 0 Å². The molecule has 1 atom stereocenters. The number of fused-ring (bicyclic) bond motifs is 15. The van der Waals surface area contributed by atoms with Gasteiger partial charge in [-0.1, -0.05) is 164 Å². The Morgan fingerprint density at radius 2 is 0.828 bits per heavy atom. The molecule has 1 aliphatic heterocycles. The van der Waals surface area contributed by atoms with Gasteiger partial charge in [-0.3, -0.25) is 4.98 Å². The number of benzene rings is 8. The van der Waals surface area contributed by atoms with Gasteiger partial charge in [0.2, 0.25) is 9.84 Å². The minimum atomic E-state index is -3.74. The standard InChI is InChI=1S/C57H34N4O2S/c62-64(63)52-23-11-8-20-45(52)47-32-51-46(33-53(47)64)43-19-7-10-22-49(43)57(51)48-21-9-6-18-42(48)40-16-4-5-17-41(40)44-29-28-38(31-50(44)57)56-60-54(36-13-2-1-3-14-36)59-55(61-56)37-26-24-35(25-27-37)39-15-12-30-58-34-39/h1-34H. The molecule has 2 aliphatic carbocycles. The minimum absolute atomic E-state index is 0.345. The van der Waals surface area contributed by atoms with Gasteiger partial charge >= 0.3 is 0 Å². The lowest BCUT2D eigenvalue weighted by Crippen LogP contribution is -2.29. The second-order valence-electron chi connectivity index (χ2n) is 16.5. The molecule has 0 radical (unpaired) electrons. The second-order valence-corrected chi connectivity index (χ2v) is 18.4. The maximum Gasteiger partial charge on any atom is 0.207 e. The lowest BCUT2D eigenvalue weighted by atomic mass is 9.65. The van der Waals surface area contributed by atoms with Gasteiger partial charge in [0.1, 0.15) is 0 Å². The van der Waals surface area contributed by atoms with Crippen molar-refractivity contribution in [3.05, 3.63) is 229 Å². The summed E-state index contributed by atoms with van der Waals surface area (Å²) in [6, 6.07) is 66.2. The Balaban J connectivity index is 1.10. The summed E-state index contributed by atoms with van der Waals surface area (Å²) in [6.07, 6.45) is 3.64. The van der Waals surface area contributed by atoms with Gasteiger partial charge in [-0.15, -0.1) is 0 Å². The number of hydrogen-bond donors (Lipinski definition) is 0. The molecule has 64 heavy (non-hydrogen) atoms. The quantitative estimate of drug-likeness (QED) is 0.175. The molecule has 13 rings (SSSR count). The second kappa shape index (κ2) is 13.7. The van der Waals surface area contributed by atoms with E-state index in [4.69, 9.17) is 15.0 Å². The lowest BCUT2D eigenvalue weighted by Gasteiger charge is -2.35. The third-order valence-electron chi connectivity index (χ3n) is 13.2. The zero-order chi connectivity index (χ0) is 42.6. The molecule has 6 nitrogen and oxygen atoms in total. The van der Waals surface area contributed by atoms with Gasteiger partial charge in [0.05, 0.1) is 15.2 Å². The first kappa shape index (κ1) is 36.5. The highest BCUT2D eigenvalue weighted by atomic mass is 32.2. The van der Waals surface area contributed by atoms with Gasteiger partial charge in [0.15, 0.2) is 17.5 Å². The smallest absolute Gasteiger partial charge is 0.207 e. The molecule has 8 aromatic carbocycles. The Morgan fingerprint density at radius 3 is 1.50 bits per heavy atom. The summed E-state index contributed by atoms with van der Waals surface area (Å²) in [7, 11) is -3.74. The fourth-order valence-electron chi connectivity index (χ4n) is 10.4. The highest BCUT2D eigenvalue weighted by Crippen LogP contribution is 2.63. The molecule has 0 amide bonds. The van der Waals surface area contributed by atoms with Gasteiger partial charge in [-0.05, 0) is 97.1 Å². The molecule has 1 unspecified atom stereocenters. The average Bonchev–Trinajstić information content (AvgIpc) is 3.73. The van der Waals surface area contributed by atoms with E-state index >= 15 is 0 Å². The Labute approximate surface area is 370 Å². The SMILES string of the molecule is O=S1(=O)c2ccccc2-c2cc3c(cc21)-c1ccccc1C31c2ccccc2-c2ccccc2-c2ccc(-c3nc(-c4ccccc4)nc(-c4ccc(-c5cccnc5)cc4)n3)cc21. The molecule has 3 heterocycles. The fourth-order valence-corrected chi connectivity index (χ4v) is 12.1. The van der Waals surface area contributed by atoms with Crippen molar-refractivity contribution in [1.82, 2.24) is 19.9 Å². The highest BCUT2D eigenvalue weighted by molar-refractivity contribution is 7.92. The fraction of sp³-hybridized carbons (Fsp3) is 0.0175. The summed E-state index contributed by atoms with van der Waals surface area (Å²) >= 11 is 0. The summed E-state index contributed by atoms with van der Waals surface area (Å²) in [5, 5.41) is 0. The summed E-state index contributed by atoms with van der Waals surface area (Å²) in [5.74, 6) is 1.68. The van der Waals surface area contributed by atoms with Gasteiger partial charge < -0.3 is 0 Å². The number of nitrogens with zero attached hydrogens (tertiary/aromatic N) is 4. The summed E-state index contributed by atoms with van der Waals surface area (Å²) in [5.41, 5.74) is 15.9. The average molecular weight is 839 g/mol. The monoisotopic (exact) mass is 838 g/mol. The molecule has 0 saturated heterocycles. The molecule has 10 aromatic rings. The van der Waals surface area contributed by atoms with E-state index in [1.807, 2.05) is 72.9 Å². The largest absolute Gasteiger partial charge is 0.264 e. The predicted molar refractivity (Wildman–Crippen MR) is 252 cm³/mol. The third-order valence-corrected chi connectivity index (χ3v) is 15.1. The first-order valence-corrected chi connectivity index (χ1v) is 22.8. The molecule has 0 N–H and O–H groups in total. The van der Waals surface area contributed by atoms with Crippen LogP contribution in [0.25, 0.3) is 89.8 Å². The van der Waals surface area contributed by atoms with Gasteiger partial charge in [-0.2, -0.15) is 0 Å². The van der Waals surface area contributed by atoms with E-state index in [1.165, 1.54) is 0 Å². The summed E-state index contributed by atoms with van der Waals surface area (Å²) < 4.78 is 28.6. The van der Waals surface area contributed by atoms with Crippen LogP contribution in [-0.4, -0.2) is 28.4 Å². The van der Waals surface area contributed by atoms with Crippen LogP contribution in [-0.2, 0) is 15.3 Å². The molecule has 0 saturated carbocycles. The van der Waals surface area contributed by atoms with Crippen LogP contribution in [0.3, 0.4) is 0 Å². The highest BCUT2D eigenvalue weighted by Gasteiger charge is 2.51. The van der Waals surface area contributed by atoms with Crippen LogP contribution >= 0.6 is 0 Å². The van der Waals surface area contributed by atoms with E-state index in [1.54, 1.807) is 18.3 Å². The van der Waals surface area contributed by atoms with Crippen molar-refractivity contribution >= 4 is 9.84 Å². The Hall–Kier alpha value is -8.13. The van der Waals surface area contributed by atoms with Crippen LogP contribution in [0.4, 0.5) is 0 Å². The topological polar surface area (TPSA) is 85.7 Å².